The minimum atomic E-state index is -0.443. The molecule has 2 rings (SSSR count). The molecule has 3 unspecified atom stereocenters. The largest absolute Gasteiger partial charge is 0.393 e. The van der Waals surface area contributed by atoms with Crippen molar-refractivity contribution in [3.8, 4) is 0 Å². The Morgan fingerprint density at radius 3 is 2.44 bits per heavy atom. The fourth-order valence-corrected chi connectivity index (χ4v) is 2.16. The number of rotatable bonds is 4. The minimum Gasteiger partial charge on any atom is -0.393 e. The third-order valence-electron chi connectivity index (χ3n) is 3.26. The molecule has 2 heterocycles. The van der Waals surface area contributed by atoms with Crippen LogP contribution in [0.15, 0.2) is 0 Å². The van der Waals surface area contributed by atoms with Crippen LogP contribution in [0, 0.1) is 0 Å². The molecule has 0 aromatic heterocycles. The van der Waals surface area contributed by atoms with E-state index in [0.717, 1.165) is 0 Å². The van der Waals surface area contributed by atoms with Crippen LogP contribution in [0.25, 0.3) is 0 Å². The number of ether oxygens (including phenoxy) is 1. The summed E-state index contributed by atoms with van der Waals surface area (Å²) in [4.78, 5) is 24.8. The molecule has 2 bridgehead atoms. The minimum absolute atomic E-state index is 0.234. The highest BCUT2D eigenvalue weighted by atomic mass is 16.5. The Labute approximate surface area is 94.4 Å². The first-order valence-electron chi connectivity index (χ1n) is 5.82. The van der Waals surface area contributed by atoms with Gasteiger partial charge in [-0.2, -0.15) is 0 Å². The van der Waals surface area contributed by atoms with Gasteiger partial charge in [-0.05, 0) is 25.7 Å². The van der Waals surface area contributed by atoms with Crippen molar-refractivity contribution in [2.24, 2.45) is 0 Å². The Bertz CT molecular complexity index is 282. The second-order valence-corrected chi connectivity index (χ2v) is 4.37. The molecule has 2 aliphatic rings. The number of aliphatic hydroxyl groups is 1. The molecule has 2 saturated heterocycles. The number of aliphatic hydroxyl groups excluding tert-OH is 1. The average molecular weight is 227 g/mol. The van der Waals surface area contributed by atoms with Gasteiger partial charge in [0.05, 0.1) is 6.10 Å². The van der Waals surface area contributed by atoms with Gasteiger partial charge in [0.1, 0.15) is 12.2 Å². The third kappa shape index (κ3) is 1.97. The summed E-state index contributed by atoms with van der Waals surface area (Å²) in [7, 11) is 0. The van der Waals surface area contributed by atoms with E-state index in [2.05, 4.69) is 0 Å². The van der Waals surface area contributed by atoms with Crippen molar-refractivity contribution in [3.05, 3.63) is 0 Å². The Kier molecular flexibility index (Phi) is 3.25. The SMILES string of the molecule is CCC(O)CCN1C(=O)C2CCC(O2)C1=O. The molecule has 0 aliphatic carbocycles. The Hall–Kier alpha value is -0.940. The zero-order valence-corrected chi connectivity index (χ0v) is 9.39. The normalized spacial score (nSPS) is 31.0. The first kappa shape index (κ1) is 11.5. The first-order chi connectivity index (χ1) is 7.63. The van der Waals surface area contributed by atoms with Gasteiger partial charge in [-0.25, -0.2) is 0 Å². The predicted octanol–water partition coefficient (Wildman–Crippen LogP) is 0.0638. The number of hydrogen-bond acceptors (Lipinski definition) is 4. The molecule has 2 aliphatic heterocycles. The Balaban J connectivity index is 1.97. The van der Waals surface area contributed by atoms with Crippen LogP contribution in [0.3, 0.4) is 0 Å². The van der Waals surface area contributed by atoms with Crippen molar-refractivity contribution in [2.45, 2.75) is 50.9 Å². The summed E-state index contributed by atoms with van der Waals surface area (Å²) in [5.74, 6) is -0.468. The van der Waals surface area contributed by atoms with E-state index in [1.165, 1.54) is 4.90 Å². The van der Waals surface area contributed by atoms with Crippen LogP contribution >= 0.6 is 0 Å². The fourth-order valence-electron chi connectivity index (χ4n) is 2.16. The van der Waals surface area contributed by atoms with Gasteiger partial charge in [-0.3, -0.25) is 14.5 Å². The zero-order valence-electron chi connectivity index (χ0n) is 9.39. The zero-order chi connectivity index (χ0) is 11.7. The molecule has 2 amide bonds. The lowest BCUT2D eigenvalue weighted by atomic mass is 10.2. The highest BCUT2D eigenvalue weighted by Gasteiger charge is 2.46. The maximum Gasteiger partial charge on any atom is 0.258 e. The number of nitrogens with zero attached hydrogens (tertiary/aromatic N) is 1. The molecule has 5 nitrogen and oxygen atoms in total. The summed E-state index contributed by atoms with van der Waals surface area (Å²) in [6, 6.07) is 0. The smallest absolute Gasteiger partial charge is 0.258 e. The van der Waals surface area contributed by atoms with Crippen LogP contribution in [-0.4, -0.2) is 46.7 Å². The Morgan fingerprint density at radius 2 is 1.94 bits per heavy atom. The molecule has 5 heteroatoms. The maximum absolute atomic E-state index is 11.8. The van der Waals surface area contributed by atoms with Gasteiger partial charge in [0.2, 0.25) is 0 Å². The topological polar surface area (TPSA) is 66.8 Å². The van der Waals surface area contributed by atoms with E-state index in [1.807, 2.05) is 6.92 Å². The Morgan fingerprint density at radius 1 is 1.38 bits per heavy atom. The van der Waals surface area contributed by atoms with Gasteiger partial charge in [0.15, 0.2) is 0 Å². The van der Waals surface area contributed by atoms with Crippen LogP contribution in [0.1, 0.15) is 32.6 Å². The van der Waals surface area contributed by atoms with E-state index in [9.17, 15) is 14.7 Å². The summed E-state index contributed by atoms with van der Waals surface area (Å²) < 4.78 is 5.28. The molecule has 3 atom stereocenters. The predicted molar refractivity (Wildman–Crippen MR) is 55.5 cm³/mol. The van der Waals surface area contributed by atoms with Crippen LogP contribution in [0.5, 0.6) is 0 Å². The molecule has 0 aromatic carbocycles. The van der Waals surface area contributed by atoms with Crippen LogP contribution in [-0.2, 0) is 14.3 Å². The van der Waals surface area contributed by atoms with Crippen molar-refractivity contribution in [2.75, 3.05) is 6.54 Å². The van der Waals surface area contributed by atoms with Crippen LogP contribution in [0.4, 0.5) is 0 Å². The number of carbonyl (C=O) groups is 2. The molecule has 0 radical (unpaired) electrons. The number of fused-ring (bicyclic) bond motifs is 2. The summed E-state index contributed by atoms with van der Waals surface area (Å²) in [5.41, 5.74) is 0. The molecule has 2 fully saturated rings. The highest BCUT2D eigenvalue weighted by Crippen LogP contribution is 2.28. The van der Waals surface area contributed by atoms with Crippen molar-refractivity contribution < 1.29 is 19.4 Å². The van der Waals surface area contributed by atoms with Crippen molar-refractivity contribution in [3.63, 3.8) is 0 Å². The molecule has 16 heavy (non-hydrogen) atoms. The van der Waals surface area contributed by atoms with E-state index in [-0.39, 0.29) is 11.8 Å². The number of likely N-dealkylation sites (tertiary alicyclic amines) is 1. The lowest BCUT2D eigenvalue weighted by Gasteiger charge is -2.30. The number of amides is 2. The second kappa shape index (κ2) is 4.51. The molecular weight excluding hydrogens is 210 g/mol. The molecule has 1 N–H and O–H groups in total. The van der Waals surface area contributed by atoms with Crippen LogP contribution in [0.2, 0.25) is 0 Å². The highest BCUT2D eigenvalue weighted by molar-refractivity contribution is 6.02. The van der Waals surface area contributed by atoms with Gasteiger partial charge < -0.3 is 9.84 Å². The lowest BCUT2D eigenvalue weighted by molar-refractivity contribution is -0.168. The van der Waals surface area contributed by atoms with Gasteiger partial charge in [0, 0.05) is 6.54 Å². The van der Waals surface area contributed by atoms with E-state index >= 15 is 0 Å². The molecule has 0 saturated carbocycles. The average Bonchev–Trinajstić information content (AvgIpc) is 2.73. The molecular formula is C11H17NO4. The van der Waals surface area contributed by atoms with Gasteiger partial charge in [0.25, 0.3) is 11.8 Å². The summed E-state index contributed by atoms with van der Waals surface area (Å²) in [6.07, 6.45) is 1.07. The fraction of sp³-hybridized carbons (Fsp3) is 0.818. The monoisotopic (exact) mass is 227 g/mol. The van der Waals surface area contributed by atoms with E-state index in [0.29, 0.717) is 32.2 Å². The van der Waals surface area contributed by atoms with Crippen molar-refractivity contribution in [1.82, 2.24) is 4.90 Å². The van der Waals surface area contributed by atoms with Crippen molar-refractivity contribution in [1.29, 1.82) is 0 Å². The van der Waals surface area contributed by atoms with Gasteiger partial charge >= 0.3 is 0 Å². The first-order valence-corrected chi connectivity index (χ1v) is 5.82. The summed E-state index contributed by atoms with van der Waals surface area (Å²) >= 11 is 0. The van der Waals surface area contributed by atoms with E-state index in [4.69, 9.17) is 4.74 Å². The quantitative estimate of drug-likeness (QED) is 0.690. The summed E-state index contributed by atoms with van der Waals surface area (Å²) in [5, 5.41) is 9.43. The third-order valence-corrected chi connectivity index (χ3v) is 3.26. The standard InChI is InChI=1S/C11H17NO4/c1-2-7(13)5-6-12-10(14)8-3-4-9(16-8)11(12)15/h7-9,13H,2-6H2,1H3. The van der Waals surface area contributed by atoms with Crippen molar-refractivity contribution >= 4 is 11.8 Å². The van der Waals surface area contributed by atoms with E-state index in [1.54, 1.807) is 0 Å². The number of hydrogen-bond donors (Lipinski definition) is 1. The number of morpholine rings is 1. The maximum atomic E-state index is 11.8. The van der Waals surface area contributed by atoms with Gasteiger partial charge in [-0.15, -0.1) is 0 Å². The number of carbonyl (C=O) groups excluding carboxylic acids is 2. The molecule has 0 spiro atoms. The molecule has 0 aromatic rings. The van der Waals surface area contributed by atoms with Crippen LogP contribution < -0.4 is 0 Å². The number of imide groups is 1. The van der Waals surface area contributed by atoms with Gasteiger partial charge in [-0.1, -0.05) is 6.92 Å². The second-order valence-electron chi connectivity index (χ2n) is 4.37. The molecule has 90 valence electrons. The lowest BCUT2D eigenvalue weighted by Crippen LogP contribution is -2.52. The van der Waals surface area contributed by atoms with E-state index < -0.39 is 18.3 Å². The summed E-state index contributed by atoms with van der Waals surface area (Å²) in [6.45, 7) is 2.18.